The molecule has 0 radical (unpaired) electrons. The first kappa shape index (κ1) is 25.5. The number of nitrogens with zero attached hydrogens (tertiary/aromatic N) is 3. The Morgan fingerprint density at radius 2 is 2.03 bits per heavy atom. The number of carbonyl (C=O) groups excluding carboxylic acids is 1. The molecule has 0 aliphatic carbocycles. The summed E-state index contributed by atoms with van der Waals surface area (Å²) >= 11 is 0. The lowest BCUT2D eigenvalue weighted by atomic mass is 9.90. The van der Waals surface area contributed by atoms with Crippen molar-refractivity contribution < 1.29 is 23.4 Å². The second-order valence-electron chi connectivity index (χ2n) is 9.11. The smallest absolute Gasteiger partial charge is 0.223 e. The van der Waals surface area contributed by atoms with E-state index in [2.05, 4.69) is 26.8 Å². The van der Waals surface area contributed by atoms with Gasteiger partial charge in [-0.3, -0.25) is 9.78 Å². The molecule has 190 valence electrons. The molecule has 3 aromatic rings. The zero-order valence-electron chi connectivity index (χ0n) is 21.0. The van der Waals surface area contributed by atoms with E-state index >= 15 is 4.39 Å². The molecule has 1 N–H and O–H groups in total. The highest BCUT2D eigenvalue weighted by Gasteiger charge is 2.28. The van der Waals surface area contributed by atoms with E-state index in [9.17, 15) is 4.79 Å². The number of methoxy groups -OCH3 is 2. The van der Waals surface area contributed by atoms with Crippen molar-refractivity contribution in [2.45, 2.75) is 38.6 Å². The Kier molecular flexibility index (Phi) is 7.79. The topological polar surface area (TPSA) is 95.5 Å². The molecule has 1 aromatic carbocycles. The largest absolute Gasteiger partial charge is 0.496 e. The van der Waals surface area contributed by atoms with Crippen molar-refractivity contribution in [2.24, 2.45) is 5.92 Å². The summed E-state index contributed by atoms with van der Waals surface area (Å²) in [6.07, 6.45) is 5.80. The van der Waals surface area contributed by atoms with Crippen molar-refractivity contribution in [3.8, 4) is 22.8 Å². The maximum atomic E-state index is 15.5. The Hall–Kier alpha value is -3.59. The maximum Gasteiger partial charge on any atom is 0.223 e. The Labute approximate surface area is 209 Å². The molecule has 4 rings (SSSR count). The van der Waals surface area contributed by atoms with Crippen LogP contribution in [0.2, 0.25) is 0 Å². The number of nitrogens with one attached hydrogen (secondary N) is 1. The third kappa shape index (κ3) is 5.16. The zero-order valence-corrected chi connectivity index (χ0v) is 21.0. The molecule has 1 saturated heterocycles. The van der Waals surface area contributed by atoms with E-state index in [1.807, 2.05) is 13.8 Å². The van der Waals surface area contributed by atoms with E-state index < -0.39 is 5.82 Å². The lowest BCUT2D eigenvalue weighted by Gasteiger charge is -2.31. The van der Waals surface area contributed by atoms with Gasteiger partial charge in [-0.2, -0.15) is 0 Å². The SMILES string of the molecule is C=CC(=O)C[C@H]1CCOC[C@H]1Nc1ncc2cc(-c3c(F)c(OC)cc(OC)c3C(C)C)ncc2n1. The minimum absolute atomic E-state index is 0.00651. The summed E-state index contributed by atoms with van der Waals surface area (Å²) in [5, 5.41) is 4.02. The molecule has 8 nitrogen and oxygen atoms in total. The van der Waals surface area contributed by atoms with Crippen molar-refractivity contribution in [3.05, 3.63) is 48.6 Å². The van der Waals surface area contributed by atoms with Crippen LogP contribution in [0.3, 0.4) is 0 Å². The van der Waals surface area contributed by atoms with Gasteiger partial charge in [0.25, 0.3) is 0 Å². The highest BCUT2D eigenvalue weighted by molar-refractivity contribution is 5.89. The van der Waals surface area contributed by atoms with Gasteiger partial charge in [-0.05, 0) is 30.4 Å². The Morgan fingerprint density at radius 1 is 1.25 bits per heavy atom. The van der Waals surface area contributed by atoms with Crippen LogP contribution >= 0.6 is 0 Å². The second-order valence-corrected chi connectivity index (χ2v) is 9.11. The van der Waals surface area contributed by atoms with Crippen molar-refractivity contribution in [1.29, 1.82) is 0 Å². The molecular formula is C27H31FN4O4. The lowest BCUT2D eigenvalue weighted by Crippen LogP contribution is -2.40. The van der Waals surface area contributed by atoms with Gasteiger partial charge in [-0.25, -0.2) is 14.4 Å². The molecule has 1 aliphatic heterocycles. The summed E-state index contributed by atoms with van der Waals surface area (Å²) in [5.74, 6) is 0.635. The van der Waals surface area contributed by atoms with Crippen molar-refractivity contribution in [1.82, 2.24) is 15.0 Å². The number of benzene rings is 1. The van der Waals surface area contributed by atoms with Crippen LogP contribution in [0.25, 0.3) is 22.2 Å². The molecule has 1 fully saturated rings. The fourth-order valence-corrected chi connectivity index (χ4v) is 4.60. The van der Waals surface area contributed by atoms with Crippen LogP contribution in [0.15, 0.2) is 37.2 Å². The van der Waals surface area contributed by atoms with Gasteiger partial charge in [0.15, 0.2) is 17.3 Å². The number of allylic oxidation sites excluding steroid dienone is 1. The molecule has 0 amide bonds. The van der Waals surface area contributed by atoms with Crippen LogP contribution in [0.4, 0.5) is 10.3 Å². The average Bonchev–Trinajstić information content (AvgIpc) is 2.89. The minimum atomic E-state index is -0.495. The van der Waals surface area contributed by atoms with E-state index in [4.69, 9.17) is 14.2 Å². The molecule has 3 heterocycles. The molecule has 0 unspecified atom stereocenters. The number of ketones is 1. The van der Waals surface area contributed by atoms with Crippen LogP contribution in [0.5, 0.6) is 11.5 Å². The molecule has 2 atom stereocenters. The Balaban J connectivity index is 1.68. The molecule has 9 heteroatoms. The monoisotopic (exact) mass is 494 g/mol. The van der Waals surface area contributed by atoms with Gasteiger partial charge >= 0.3 is 0 Å². The van der Waals surface area contributed by atoms with E-state index in [0.717, 1.165) is 6.42 Å². The van der Waals surface area contributed by atoms with Gasteiger partial charge in [-0.1, -0.05) is 20.4 Å². The fourth-order valence-electron chi connectivity index (χ4n) is 4.60. The highest BCUT2D eigenvalue weighted by atomic mass is 19.1. The van der Waals surface area contributed by atoms with Crippen molar-refractivity contribution in [3.63, 3.8) is 0 Å². The highest BCUT2D eigenvalue weighted by Crippen LogP contribution is 2.42. The van der Waals surface area contributed by atoms with Gasteiger partial charge in [0.2, 0.25) is 5.95 Å². The number of fused-ring (bicyclic) bond motifs is 1. The quantitative estimate of drug-likeness (QED) is 0.418. The number of halogens is 1. The summed E-state index contributed by atoms with van der Waals surface area (Å²) < 4.78 is 31.9. The Bertz CT molecular complexity index is 1280. The van der Waals surface area contributed by atoms with Gasteiger partial charge in [-0.15, -0.1) is 0 Å². The molecule has 2 aromatic heterocycles. The average molecular weight is 495 g/mol. The van der Waals surface area contributed by atoms with Crippen molar-refractivity contribution >= 4 is 22.6 Å². The van der Waals surface area contributed by atoms with Crippen LogP contribution in [0, 0.1) is 11.7 Å². The van der Waals surface area contributed by atoms with Gasteiger partial charge < -0.3 is 19.5 Å². The van der Waals surface area contributed by atoms with Crippen LogP contribution in [-0.4, -0.2) is 54.2 Å². The molecule has 1 aliphatic rings. The second kappa shape index (κ2) is 11.0. The number of aromatic nitrogens is 3. The summed E-state index contributed by atoms with van der Waals surface area (Å²) in [4.78, 5) is 25.5. The van der Waals surface area contributed by atoms with Gasteiger partial charge in [0.1, 0.15) is 5.75 Å². The molecule has 0 saturated carbocycles. The number of pyridine rings is 1. The zero-order chi connectivity index (χ0) is 25.8. The third-order valence-corrected chi connectivity index (χ3v) is 6.48. The minimum Gasteiger partial charge on any atom is -0.496 e. The first-order valence-electron chi connectivity index (χ1n) is 11.9. The number of anilines is 1. The molecular weight excluding hydrogens is 463 g/mol. The molecule has 0 spiro atoms. The van der Waals surface area contributed by atoms with Crippen LogP contribution in [-0.2, 0) is 9.53 Å². The maximum absolute atomic E-state index is 15.5. The van der Waals surface area contributed by atoms with E-state index in [1.165, 1.54) is 13.2 Å². The van der Waals surface area contributed by atoms with Crippen LogP contribution < -0.4 is 14.8 Å². The molecule has 36 heavy (non-hydrogen) atoms. The fraction of sp³-hybridized carbons (Fsp3) is 0.407. The summed E-state index contributed by atoms with van der Waals surface area (Å²) in [6.45, 7) is 8.59. The number of hydrogen-bond donors (Lipinski definition) is 1. The predicted octanol–water partition coefficient (Wildman–Crippen LogP) is 4.93. The summed E-state index contributed by atoms with van der Waals surface area (Å²) in [7, 11) is 2.97. The third-order valence-electron chi connectivity index (χ3n) is 6.48. The summed E-state index contributed by atoms with van der Waals surface area (Å²) in [6, 6.07) is 3.22. The van der Waals surface area contributed by atoms with Gasteiger partial charge in [0.05, 0.1) is 44.3 Å². The first-order chi connectivity index (χ1) is 17.4. The van der Waals surface area contributed by atoms with Crippen LogP contribution in [0.1, 0.15) is 38.2 Å². The number of rotatable bonds is 9. The number of ether oxygens (including phenoxy) is 3. The normalized spacial score (nSPS) is 17.7. The van der Waals surface area contributed by atoms with Gasteiger partial charge in [0, 0.05) is 41.8 Å². The summed E-state index contributed by atoms with van der Waals surface area (Å²) in [5.41, 5.74) is 2.08. The van der Waals surface area contributed by atoms with E-state index in [-0.39, 0.29) is 29.4 Å². The van der Waals surface area contributed by atoms with E-state index in [1.54, 1.807) is 31.6 Å². The number of hydrogen-bond acceptors (Lipinski definition) is 8. The van der Waals surface area contributed by atoms with E-state index in [0.29, 0.717) is 59.1 Å². The molecule has 0 bridgehead atoms. The van der Waals surface area contributed by atoms with Crippen molar-refractivity contribution in [2.75, 3.05) is 32.8 Å². The standard InChI is InChI=1S/C27H31FN4O4/c1-6-18(33)9-16-7-8-36-14-21(16)32-27-30-12-17-10-19(29-13-20(17)31-27)25-24(15(2)3)22(34-4)11-23(35-5)26(25)28/h6,10-13,15-16,21H,1,7-9,14H2,2-5H3,(H,30,31,32)/t16-,21-/m1/s1. The number of carbonyl (C=O) groups is 1. The Morgan fingerprint density at radius 3 is 2.72 bits per heavy atom. The lowest BCUT2D eigenvalue weighted by molar-refractivity contribution is -0.116. The first-order valence-corrected chi connectivity index (χ1v) is 11.9. The predicted molar refractivity (Wildman–Crippen MR) is 136 cm³/mol.